The number of ether oxygens (including phenoxy) is 2. The molecule has 2 aromatic heterocycles. The molecule has 118 valence electrons. The Labute approximate surface area is 136 Å². The summed E-state index contributed by atoms with van der Waals surface area (Å²) in [5.41, 5.74) is 1.61. The monoisotopic (exact) mass is 329 g/mol. The zero-order valence-electron chi connectivity index (χ0n) is 12.8. The van der Waals surface area contributed by atoms with Gasteiger partial charge in [0.2, 0.25) is 0 Å². The summed E-state index contributed by atoms with van der Waals surface area (Å²) < 4.78 is 12.8. The van der Waals surface area contributed by atoms with Crippen molar-refractivity contribution in [3.8, 4) is 11.5 Å². The first kappa shape index (κ1) is 14.1. The highest BCUT2D eigenvalue weighted by molar-refractivity contribution is 7.20. The van der Waals surface area contributed by atoms with E-state index in [1.54, 1.807) is 10.7 Å². The van der Waals surface area contributed by atoms with Gasteiger partial charge in [0.1, 0.15) is 18.0 Å². The zero-order valence-corrected chi connectivity index (χ0v) is 13.6. The fourth-order valence-corrected chi connectivity index (χ4v) is 3.65. The molecule has 1 aromatic carbocycles. The van der Waals surface area contributed by atoms with Crippen LogP contribution in [0.4, 0.5) is 5.69 Å². The molecule has 0 atom stereocenters. The van der Waals surface area contributed by atoms with Crippen LogP contribution >= 0.6 is 11.3 Å². The first-order valence-electron chi connectivity index (χ1n) is 7.26. The fraction of sp³-hybridized carbons (Fsp3) is 0.250. The highest BCUT2D eigenvalue weighted by Crippen LogP contribution is 2.33. The van der Waals surface area contributed by atoms with Gasteiger partial charge in [0.25, 0.3) is 5.91 Å². The maximum Gasteiger partial charge on any atom is 0.265 e. The second-order valence-corrected chi connectivity index (χ2v) is 6.38. The normalized spacial score (nSPS) is 13.3. The van der Waals surface area contributed by atoms with Crippen LogP contribution in [0.3, 0.4) is 0 Å². The third-order valence-corrected chi connectivity index (χ3v) is 4.92. The van der Waals surface area contributed by atoms with Crippen molar-refractivity contribution >= 4 is 33.1 Å². The smallest absolute Gasteiger partial charge is 0.265 e. The first-order valence-corrected chi connectivity index (χ1v) is 8.07. The fourth-order valence-electron chi connectivity index (χ4n) is 2.63. The Kier molecular flexibility index (Phi) is 3.23. The van der Waals surface area contributed by atoms with Gasteiger partial charge in [-0.25, -0.2) is 0 Å². The van der Waals surface area contributed by atoms with Gasteiger partial charge < -0.3 is 14.8 Å². The summed E-state index contributed by atoms with van der Waals surface area (Å²) in [6.07, 6.45) is 0. The molecule has 0 fully saturated rings. The van der Waals surface area contributed by atoms with Crippen LogP contribution in [0.25, 0.3) is 10.2 Å². The summed E-state index contributed by atoms with van der Waals surface area (Å²) in [6.45, 7) is 3.01. The molecular formula is C16H15N3O3S. The van der Waals surface area contributed by atoms with Crippen molar-refractivity contribution in [2.24, 2.45) is 7.05 Å². The average molecular weight is 329 g/mol. The molecule has 0 unspecified atom stereocenters. The number of carbonyl (C=O) groups is 1. The predicted molar refractivity (Wildman–Crippen MR) is 88.7 cm³/mol. The summed E-state index contributed by atoms with van der Waals surface area (Å²) in [5.74, 6) is 1.23. The van der Waals surface area contributed by atoms with Gasteiger partial charge in [-0.15, -0.1) is 11.3 Å². The number of amides is 1. The van der Waals surface area contributed by atoms with Gasteiger partial charge in [0, 0.05) is 24.2 Å². The van der Waals surface area contributed by atoms with Crippen molar-refractivity contribution < 1.29 is 14.3 Å². The molecular weight excluding hydrogens is 314 g/mol. The van der Waals surface area contributed by atoms with E-state index in [0.717, 1.165) is 15.9 Å². The summed E-state index contributed by atoms with van der Waals surface area (Å²) in [4.78, 5) is 14.1. The molecule has 0 aliphatic carbocycles. The maximum absolute atomic E-state index is 12.5. The standard InChI is InChI=1S/C16H15N3O3S/c1-9-11-8-14(23-16(11)19(2)18-9)15(20)17-10-3-4-12-13(7-10)22-6-5-21-12/h3-4,7-8H,5-6H2,1-2H3,(H,17,20). The lowest BCUT2D eigenvalue weighted by atomic mass is 10.2. The summed E-state index contributed by atoms with van der Waals surface area (Å²) >= 11 is 1.43. The lowest BCUT2D eigenvalue weighted by Gasteiger charge is -2.18. The Morgan fingerprint density at radius 2 is 2.04 bits per heavy atom. The van der Waals surface area contributed by atoms with Gasteiger partial charge in [-0.05, 0) is 25.1 Å². The Hall–Kier alpha value is -2.54. The van der Waals surface area contributed by atoms with Crippen LogP contribution in [0.5, 0.6) is 11.5 Å². The van der Waals surface area contributed by atoms with Gasteiger partial charge >= 0.3 is 0 Å². The molecule has 1 amide bonds. The summed E-state index contributed by atoms with van der Waals surface area (Å²) in [5, 5.41) is 8.27. The highest BCUT2D eigenvalue weighted by atomic mass is 32.1. The summed E-state index contributed by atoms with van der Waals surface area (Å²) in [6, 6.07) is 7.29. The van der Waals surface area contributed by atoms with Crippen molar-refractivity contribution in [2.45, 2.75) is 6.92 Å². The van der Waals surface area contributed by atoms with E-state index in [1.165, 1.54) is 11.3 Å². The number of carbonyl (C=O) groups excluding carboxylic acids is 1. The predicted octanol–water partition coefficient (Wildman–Crippen LogP) is 2.97. The number of fused-ring (bicyclic) bond motifs is 2. The van der Waals surface area contributed by atoms with E-state index < -0.39 is 0 Å². The minimum Gasteiger partial charge on any atom is -0.486 e. The van der Waals surface area contributed by atoms with Crippen LogP contribution in [0.15, 0.2) is 24.3 Å². The van der Waals surface area contributed by atoms with Crippen molar-refractivity contribution in [1.82, 2.24) is 9.78 Å². The maximum atomic E-state index is 12.5. The number of hydrogen-bond acceptors (Lipinski definition) is 5. The number of nitrogens with one attached hydrogen (secondary N) is 1. The minimum absolute atomic E-state index is 0.137. The first-order chi connectivity index (χ1) is 11.1. The van der Waals surface area contributed by atoms with Crippen molar-refractivity contribution in [1.29, 1.82) is 0 Å². The van der Waals surface area contributed by atoms with E-state index in [4.69, 9.17) is 9.47 Å². The van der Waals surface area contributed by atoms with Gasteiger partial charge in [-0.2, -0.15) is 5.10 Å². The molecule has 0 spiro atoms. The Bertz CT molecular complexity index is 878. The van der Waals surface area contributed by atoms with Crippen LogP contribution < -0.4 is 14.8 Å². The molecule has 0 saturated carbocycles. The lowest BCUT2D eigenvalue weighted by molar-refractivity contribution is 0.103. The van der Waals surface area contributed by atoms with E-state index in [-0.39, 0.29) is 5.91 Å². The molecule has 7 heteroatoms. The van der Waals surface area contributed by atoms with E-state index >= 15 is 0 Å². The summed E-state index contributed by atoms with van der Waals surface area (Å²) in [7, 11) is 1.88. The highest BCUT2D eigenvalue weighted by Gasteiger charge is 2.17. The molecule has 0 radical (unpaired) electrons. The molecule has 0 bridgehead atoms. The van der Waals surface area contributed by atoms with Crippen LogP contribution in [0.2, 0.25) is 0 Å². The number of anilines is 1. The van der Waals surface area contributed by atoms with E-state index in [0.29, 0.717) is 35.3 Å². The van der Waals surface area contributed by atoms with Gasteiger partial charge in [-0.1, -0.05) is 0 Å². The molecule has 3 aromatic rings. The number of nitrogens with zero attached hydrogens (tertiary/aromatic N) is 2. The molecule has 1 aliphatic heterocycles. The molecule has 23 heavy (non-hydrogen) atoms. The van der Waals surface area contributed by atoms with Crippen molar-refractivity contribution in [3.05, 3.63) is 34.8 Å². The van der Waals surface area contributed by atoms with Crippen LogP contribution in [0, 0.1) is 6.92 Å². The Morgan fingerprint density at radius 3 is 2.83 bits per heavy atom. The SMILES string of the molecule is Cc1nn(C)c2sc(C(=O)Nc3ccc4c(c3)OCCO4)cc12. The molecule has 3 heterocycles. The Morgan fingerprint density at radius 1 is 1.26 bits per heavy atom. The largest absolute Gasteiger partial charge is 0.486 e. The van der Waals surface area contributed by atoms with Crippen LogP contribution in [-0.4, -0.2) is 28.9 Å². The number of aromatic nitrogens is 2. The van der Waals surface area contributed by atoms with Gasteiger partial charge in [0.15, 0.2) is 11.5 Å². The van der Waals surface area contributed by atoms with Gasteiger partial charge in [0.05, 0.1) is 10.6 Å². The van der Waals surface area contributed by atoms with Crippen molar-refractivity contribution in [2.75, 3.05) is 18.5 Å². The topological polar surface area (TPSA) is 65.4 Å². The Balaban J connectivity index is 1.60. The number of thiophene rings is 1. The molecule has 0 saturated heterocycles. The molecule has 6 nitrogen and oxygen atoms in total. The number of hydrogen-bond donors (Lipinski definition) is 1. The minimum atomic E-state index is -0.137. The van der Waals surface area contributed by atoms with Crippen LogP contribution in [0.1, 0.15) is 15.4 Å². The average Bonchev–Trinajstić information content (AvgIpc) is 3.09. The number of aryl methyl sites for hydroxylation is 2. The lowest BCUT2D eigenvalue weighted by Crippen LogP contribution is -2.16. The quantitative estimate of drug-likeness (QED) is 0.785. The van der Waals surface area contributed by atoms with Crippen LogP contribution in [-0.2, 0) is 7.05 Å². The third kappa shape index (κ3) is 2.43. The van der Waals surface area contributed by atoms with Crippen molar-refractivity contribution in [3.63, 3.8) is 0 Å². The second-order valence-electron chi connectivity index (χ2n) is 5.35. The second kappa shape index (κ2) is 5.27. The molecule has 1 N–H and O–H groups in total. The van der Waals surface area contributed by atoms with E-state index in [2.05, 4.69) is 10.4 Å². The number of rotatable bonds is 2. The molecule has 1 aliphatic rings. The third-order valence-electron chi connectivity index (χ3n) is 3.72. The number of benzene rings is 1. The zero-order chi connectivity index (χ0) is 16.0. The van der Waals surface area contributed by atoms with Gasteiger partial charge in [-0.3, -0.25) is 9.48 Å². The van der Waals surface area contributed by atoms with E-state index in [9.17, 15) is 4.79 Å². The molecule has 4 rings (SSSR count). The van der Waals surface area contributed by atoms with E-state index in [1.807, 2.05) is 32.2 Å².